The third-order valence-corrected chi connectivity index (χ3v) is 2.59. The van der Waals surface area contributed by atoms with Crippen LogP contribution in [0.15, 0.2) is 0 Å². The monoisotopic (exact) mass is 196 g/mol. The van der Waals surface area contributed by atoms with Gasteiger partial charge in [-0.15, -0.1) is 0 Å². The summed E-state index contributed by atoms with van der Waals surface area (Å²) in [7, 11) is -3.21. The molecule has 11 heavy (non-hydrogen) atoms. The van der Waals surface area contributed by atoms with Crippen molar-refractivity contribution in [3.05, 3.63) is 0 Å². The minimum Gasteiger partial charge on any atom is -0.300 e. The van der Waals surface area contributed by atoms with Gasteiger partial charge in [0.25, 0.3) is 0 Å². The van der Waals surface area contributed by atoms with Crippen LogP contribution in [0.2, 0.25) is 0 Å². The Kier molecular flexibility index (Phi) is 5.62. The molecule has 0 bridgehead atoms. The summed E-state index contributed by atoms with van der Waals surface area (Å²) in [6.45, 7) is 4.01. The van der Waals surface area contributed by atoms with Gasteiger partial charge in [0.05, 0.1) is 13.2 Å². The van der Waals surface area contributed by atoms with E-state index in [4.69, 9.17) is 20.6 Å². The fraction of sp³-hybridized carbons (Fsp3) is 0.667. The minimum atomic E-state index is -3.21. The van der Waals surface area contributed by atoms with Crippen LogP contribution >= 0.6 is 19.2 Å². The molecule has 5 heteroatoms. The fourth-order valence-corrected chi connectivity index (χ4v) is 1.79. The normalized spacial score (nSPS) is 10.5. The highest BCUT2D eigenvalue weighted by Crippen LogP contribution is 2.46. The highest BCUT2D eigenvalue weighted by atomic mass is 35.5. The molecule has 0 heterocycles. The van der Waals surface area contributed by atoms with Crippen molar-refractivity contribution in [3.63, 3.8) is 0 Å². The molecule has 0 aromatic heterocycles. The summed E-state index contributed by atoms with van der Waals surface area (Å²) in [4.78, 5) is 0. The van der Waals surface area contributed by atoms with Crippen LogP contribution in [-0.2, 0) is 13.6 Å². The number of hydrogen-bond donors (Lipinski definition) is 0. The van der Waals surface area contributed by atoms with E-state index in [-0.39, 0.29) is 0 Å². The molecule has 0 saturated carbocycles. The molecule has 0 atom stereocenters. The molecule has 0 aromatic rings. The fourth-order valence-electron chi connectivity index (χ4n) is 0.493. The second kappa shape index (κ2) is 5.62. The summed E-state index contributed by atoms with van der Waals surface area (Å²) >= 11 is 5.06. The largest absolute Gasteiger partial charge is 0.406 e. The van der Waals surface area contributed by atoms with Gasteiger partial charge >= 0.3 is 7.60 Å². The average molecular weight is 197 g/mol. The lowest BCUT2D eigenvalue weighted by Crippen LogP contribution is -1.92. The van der Waals surface area contributed by atoms with E-state index in [0.717, 1.165) is 0 Å². The van der Waals surface area contributed by atoms with E-state index in [1.54, 1.807) is 13.8 Å². The first-order valence-electron chi connectivity index (χ1n) is 3.20. The Balaban J connectivity index is 4.22. The molecule has 0 fully saturated rings. The van der Waals surface area contributed by atoms with Crippen molar-refractivity contribution >= 4 is 19.2 Å². The Morgan fingerprint density at radius 3 is 2.09 bits per heavy atom. The molecule has 0 amide bonds. The third kappa shape index (κ3) is 4.44. The van der Waals surface area contributed by atoms with E-state index in [0.29, 0.717) is 13.2 Å². The van der Waals surface area contributed by atoms with E-state index in [1.807, 2.05) is 5.38 Å². The van der Waals surface area contributed by atoms with Crippen LogP contribution in [0, 0.1) is 11.0 Å². The molecular formula is C6H10ClO3P. The first-order chi connectivity index (χ1) is 5.18. The lowest BCUT2D eigenvalue weighted by Gasteiger charge is -2.08. The van der Waals surface area contributed by atoms with Gasteiger partial charge in [-0.3, -0.25) is 9.05 Å². The van der Waals surface area contributed by atoms with Crippen LogP contribution in [0.1, 0.15) is 13.8 Å². The molecule has 0 unspecified atom stereocenters. The molecule has 0 rings (SSSR count). The van der Waals surface area contributed by atoms with Gasteiger partial charge in [0, 0.05) is 11.0 Å². The second-order valence-corrected chi connectivity index (χ2v) is 3.46. The topological polar surface area (TPSA) is 35.5 Å². The van der Waals surface area contributed by atoms with Crippen LogP contribution in [0.3, 0.4) is 0 Å². The predicted octanol–water partition coefficient (Wildman–Crippen LogP) is 2.41. The van der Waals surface area contributed by atoms with Crippen molar-refractivity contribution in [3.8, 4) is 11.0 Å². The second-order valence-electron chi connectivity index (χ2n) is 1.54. The van der Waals surface area contributed by atoms with Crippen LogP contribution in [-0.4, -0.2) is 13.2 Å². The van der Waals surface area contributed by atoms with E-state index in [9.17, 15) is 4.57 Å². The zero-order chi connectivity index (χ0) is 8.74. The third-order valence-electron chi connectivity index (χ3n) is 0.777. The van der Waals surface area contributed by atoms with Gasteiger partial charge in [-0.25, -0.2) is 4.57 Å². The number of rotatable bonds is 4. The van der Waals surface area contributed by atoms with Crippen LogP contribution in [0.25, 0.3) is 0 Å². The van der Waals surface area contributed by atoms with Crippen LogP contribution < -0.4 is 0 Å². The maximum Gasteiger partial charge on any atom is 0.406 e. The minimum absolute atomic E-state index is 0.294. The van der Waals surface area contributed by atoms with Crippen molar-refractivity contribution < 1.29 is 13.6 Å². The summed E-state index contributed by atoms with van der Waals surface area (Å²) in [5, 5.41) is 1.99. The average Bonchev–Trinajstić information content (AvgIpc) is 1.88. The molecular weight excluding hydrogens is 186 g/mol. The van der Waals surface area contributed by atoms with E-state index in [2.05, 4.69) is 5.66 Å². The predicted molar refractivity (Wildman–Crippen MR) is 44.5 cm³/mol. The number of halogens is 1. The molecule has 0 aliphatic rings. The molecule has 0 saturated heterocycles. The maximum absolute atomic E-state index is 11.3. The first-order valence-corrected chi connectivity index (χ1v) is 5.12. The quantitative estimate of drug-likeness (QED) is 0.512. The lowest BCUT2D eigenvalue weighted by atomic mass is 10.9. The highest BCUT2D eigenvalue weighted by molar-refractivity contribution is 7.59. The van der Waals surface area contributed by atoms with Crippen molar-refractivity contribution in [1.29, 1.82) is 0 Å². The zero-order valence-electron chi connectivity index (χ0n) is 6.46. The molecule has 0 aliphatic carbocycles. The molecule has 0 aliphatic heterocycles. The van der Waals surface area contributed by atoms with E-state index < -0.39 is 7.60 Å². The molecule has 3 nitrogen and oxygen atoms in total. The Hall–Kier alpha value is -0.0000000000000000208. The highest BCUT2D eigenvalue weighted by Gasteiger charge is 2.19. The van der Waals surface area contributed by atoms with Crippen molar-refractivity contribution in [2.75, 3.05) is 13.2 Å². The van der Waals surface area contributed by atoms with Gasteiger partial charge in [0.15, 0.2) is 0 Å². The van der Waals surface area contributed by atoms with Crippen molar-refractivity contribution in [1.82, 2.24) is 0 Å². The maximum atomic E-state index is 11.3. The summed E-state index contributed by atoms with van der Waals surface area (Å²) in [6, 6.07) is 0. The van der Waals surface area contributed by atoms with Crippen molar-refractivity contribution in [2.45, 2.75) is 13.8 Å². The molecule has 0 spiro atoms. The Morgan fingerprint density at radius 1 is 1.36 bits per heavy atom. The van der Waals surface area contributed by atoms with Gasteiger partial charge in [-0.05, 0) is 25.4 Å². The number of hydrogen-bond acceptors (Lipinski definition) is 3. The van der Waals surface area contributed by atoms with Gasteiger partial charge in [0.1, 0.15) is 0 Å². The first kappa shape index (κ1) is 11.0. The van der Waals surface area contributed by atoms with Crippen LogP contribution in [0.5, 0.6) is 0 Å². The van der Waals surface area contributed by atoms with Gasteiger partial charge in [-0.1, -0.05) is 0 Å². The van der Waals surface area contributed by atoms with E-state index >= 15 is 0 Å². The SMILES string of the molecule is CCOP(=O)(C#CCl)OCC. The van der Waals surface area contributed by atoms with Crippen LogP contribution in [0.4, 0.5) is 0 Å². The van der Waals surface area contributed by atoms with Gasteiger partial charge in [0.2, 0.25) is 0 Å². The summed E-state index contributed by atoms with van der Waals surface area (Å²) in [5.74, 6) is 0. The van der Waals surface area contributed by atoms with Crippen molar-refractivity contribution in [2.24, 2.45) is 0 Å². The smallest absolute Gasteiger partial charge is 0.300 e. The van der Waals surface area contributed by atoms with Gasteiger partial charge in [-0.2, -0.15) is 0 Å². The summed E-state index contributed by atoms with van der Waals surface area (Å²) in [6.07, 6.45) is 0. The molecule has 0 N–H and O–H groups in total. The van der Waals surface area contributed by atoms with E-state index in [1.165, 1.54) is 0 Å². The zero-order valence-corrected chi connectivity index (χ0v) is 8.11. The Bertz CT molecular complexity index is 196. The Morgan fingerprint density at radius 2 is 1.82 bits per heavy atom. The molecule has 0 radical (unpaired) electrons. The summed E-state index contributed by atoms with van der Waals surface area (Å²) in [5.41, 5.74) is 2.19. The van der Waals surface area contributed by atoms with Gasteiger partial charge < -0.3 is 0 Å². The molecule has 64 valence electrons. The lowest BCUT2D eigenvalue weighted by molar-refractivity contribution is 0.231. The Labute approximate surface area is 71.6 Å². The molecule has 0 aromatic carbocycles. The summed E-state index contributed by atoms with van der Waals surface area (Å²) < 4.78 is 20.9. The standard InChI is InChI=1S/C6H10ClO3P/c1-3-9-11(8,6-5-7)10-4-2/h3-4H2,1-2H3.